The topological polar surface area (TPSA) is 87.8 Å². The molecule has 2 aromatic heterocycles. The normalized spacial score (nSPS) is 15.4. The largest absolute Gasteiger partial charge is 0.481 e. The van der Waals surface area contributed by atoms with Crippen molar-refractivity contribution in [3.63, 3.8) is 0 Å². The number of hydrazone groups is 1. The number of aliphatic carboxylic acids is 1. The van der Waals surface area contributed by atoms with Crippen molar-refractivity contribution in [3.8, 4) is 16.9 Å². The number of rotatable bonds is 7. The van der Waals surface area contributed by atoms with Crippen LogP contribution < -0.4 is 0 Å². The van der Waals surface area contributed by atoms with E-state index >= 15 is 0 Å². The molecule has 170 valence electrons. The monoisotopic (exact) mass is 470 g/mol. The van der Waals surface area contributed by atoms with Gasteiger partial charge >= 0.3 is 5.97 Å². The third-order valence-corrected chi connectivity index (χ3v) is 6.43. The predicted octanol–water partition coefficient (Wildman–Crippen LogP) is 5.14. The second-order valence-electron chi connectivity index (χ2n) is 7.99. The average molecular weight is 471 g/mol. The van der Waals surface area contributed by atoms with Crippen LogP contribution in [0.1, 0.15) is 36.4 Å². The van der Waals surface area contributed by atoms with Crippen molar-refractivity contribution < 1.29 is 14.7 Å². The van der Waals surface area contributed by atoms with Crippen LogP contribution in [0.3, 0.4) is 0 Å². The third-order valence-electron chi connectivity index (χ3n) is 5.74. The van der Waals surface area contributed by atoms with Crippen molar-refractivity contribution in [2.75, 3.05) is 0 Å². The van der Waals surface area contributed by atoms with Crippen molar-refractivity contribution in [3.05, 3.63) is 94.8 Å². The molecular formula is C26H22N4O3S. The van der Waals surface area contributed by atoms with E-state index < -0.39 is 5.97 Å². The summed E-state index contributed by atoms with van der Waals surface area (Å²) >= 11 is 1.57. The molecule has 3 heterocycles. The summed E-state index contributed by atoms with van der Waals surface area (Å²) in [5, 5.41) is 24.1. The molecular weight excluding hydrogens is 448 g/mol. The SMILES string of the molecule is O=C(O)CCC(=O)N1N=C(c2ccsc2)CC1c1cn(-c2ccccc2)nc1-c1ccccc1. The molecule has 4 aromatic rings. The number of hydrogen-bond donors (Lipinski definition) is 1. The van der Waals surface area contributed by atoms with E-state index in [0.717, 1.165) is 33.8 Å². The van der Waals surface area contributed by atoms with Gasteiger partial charge in [-0.3, -0.25) is 9.59 Å². The molecule has 0 saturated carbocycles. The quantitative estimate of drug-likeness (QED) is 0.405. The summed E-state index contributed by atoms with van der Waals surface area (Å²) in [5.74, 6) is -1.32. The maximum atomic E-state index is 13.1. The Balaban J connectivity index is 1.59. The summed E-state index contributed by atoms with van der Waals surface area (Å²) in [6.45, 7) is 0. The van der Waals surface area contributed by atoms with Crippen LogP contribution in [-0.2, 0) is 9.59 Å². The Labute approximate surface area is 200 Å². The highest BCUT2D eigenvalue weighted by atomic mass is 32.1. The second-order valence-corrected chi connectivity index (χ2v) is 8.77. The first-order chi connectivity index (χ1) is 16.6. The van der Waals surface area contributed by atoms with E-state index in [9.17, 15) is 9.59 Å². The molecule has 0 fully saturated rings. The number of carboxylic acids is 1. The number of carboxylic acid groups (broad SMARTS) is 1. The van der Waals surface area contributed by atoms with Crippen molar-refractivity contribution in [2.45, 2.75) is 25.3 Å². The third kappa shape index (κ3) is 4.40. The maximum absolute atomic E-state index is 13.1. The van der Waals surface area contributed by atoms with Crippen LogP contribution in [0.4, 0.5) is 0 Å². The van der Waals surface area contributed by atoms with E-state index in [-0.39, 0.29) is 24.8 Å². The summed E-state index contributed by atoms with van der Waals surface area (Å²) in [6.07, 6.45) is 2.13. The Kier molecular flexibility index (Phi) is 6.05. The Bertz CT molecular complexity index is 1330. The van der Waals surface area contributed by atoms with Gasteiger partial charge in [0, 0.05) is 35.7 Å². The molecule has 1 amide bonds. The Hall–Kier alpha value is -4.04. The highest BCUT2D eigenvalue weighted by Crippen LogP contribution is 2.38. The molecule has 2 aromatic carbocycles. The lowest BCUT2D eigenvalue weighted by Crippen LogP contribution is -2.27. The fraction of sp³-hybridized carbons (Fsp3) is 0.154. The van der Waals surface area contributed by atoms with Crippen molar-refractivity contribution in [2.24, 2.45) is 5.10 Å². The second kappa shape index (κ2) is 9.44. The minimum absolute atomic E-state index is 0.111. The predicted molar refractivity (Wildman–Crippen MR) is 131 cm³/mol. The minimum Gasteiger partial charge on any atom is -0.481 e. The zero-order valence-corrected chi connectivity index (χ0v) is 19.1. The summed E-state index contributed by atoms with van der Waals surface area (Å²) in [4.78, 5) is 24.2. The average Bonchev–Trinajstić information content (AvgIpc) is 3.62. The number of nitrogens with zero attached hydrogens (tertiary/aromatic N) is 4. The molecule has 0 bridgehead atoms. The first-order valence-corrected chi connectivity index (χ1v) is 11.9. The van der Waals surface area contributed by atoms with Gasteiger partial charge in [0.15, 0.2) is 0 Å². The number of para-hydroxylation sites is 1. The summed E-state index contributed by atoms with van der Waals surface area (Å²) in [5.41, 5.74) is 5.27. The van der Waals surface area contributed by atoms with E-state index in [4.69, 9.17) is 10.2 Å². The highest BCUT2D eigenvalue weighted by Gasteiger charge is 2.36. The molecule has 1 aliphatic heterocycles. The number of thiophene rings is 1. The van der Waals surface area contributed by atoms with Crippen LogP contribution in [0.2, 0.25) is 0 Å². The number of carbonyl (C=O) groups excluding carboxylic acids is 1. The first-order valence-electron chi connectivity index (χ1n) is 10.9. The fourth-order valence-electron chi connectivity index (χ4n) is 4.08. The lowest BCUT2D eigenvalue weighted by atomic mass is 9.97. The van der Waals surface area contributed by atoms with E-state index in [0.29, 0.717) is 6.42 Å². The number of benzene rings is 2. The van der Waals surface area contributed by atoms with Gasteiger partial charge in [-0.25, -0.2) is 9.69 Å². The van der Waals surface area contributed by atoms with Crippen LogP contribution >= 0.6 is 11.3 Å². The van der Waals surface area contributed by atoms with Gasteiger partial charge in [-0.1, -0.05) is 48.5 Å². The number of amides is 1. The van der Waals surface area contributed by atoms with Gasteiger partial charge in [-0.05, 0) is 29.0 Å². The molecule has 1 N–H and O–H groups in total. The van der Waals surface area contributed by atoms with Crippen molar-refractivity contribution in [1.82, 2.24) is 14.8 Å². The molecule has 0 radical (unpaired) electrons. The van der Waals surface area contributed by atoms with Gasteiger partial charge in [0.2, 0.25) is 5.91 Å². The van der Waals surface area contributed by atoms with Gasteiger partial charge in [0.25, 0.3) is 0 Å². The molecule has 5 rings (SSSR count). The van der Waals surface area contributed by atoms with Crippen LogP contribution in [0.5, 0.6) is 0 Å². The summed E-state index contributed by atoms with van der Waals surface area (Å²) in [7, 11) is 0. The maximum Gasteiger partial charge on any atom is 0.303 e. The standard InChI is InChI=1S/C26H22N4O3S/c31-24(11-12-25(32)33)30-23(15-22(27-30)19-13-14-34-17-19)21-16-29(20-9-5-2-6-10-20)28-26(21)18-7-3-1-4-8-18/h1-10,13-14,16-17,23H,11-12,15H2,(H,32,33). The van der Waals surface area contributed by atoms with Gasteiger partial charge in [0.1, 0.15) is 0 Å². The van der Waals surface area contributed by atoms with E-state index in [1.165, 1.54) is 5.01 Å². The van der Waals surface area contributed by atoms with Crippen molar-refractivity contribution in [1.29, 1.82) is 0 Å². The Morgan fingerprint density at radius 1 is 0.971 bits per heavy atom. The van der Waals surface area contributed by atoms with Gasteiger partial charge in [-0.15, -0.1) is 0 Å². The number of aromatic nitrogens is 2. The number of hydrogen-bond acceptors (Lipinski definition) is 5. The molecule has 7 nitrogen and oxygen atoms in total. The van der Waals surface area contributed by atoms with Crippen LogP contribution in [0.25, 0.3) is 16.9 Å². The van der Waals surface area contributed by atoms with Crippen LogP contribution in [0, 0.1) is 0 Å². The van der Waals surface area contributed by atoms with Crippen molar-refractivity contribution >= 4 is 28.9 Å². The molecule has 0 saturated heterocycles. The smallest absolute Gasteiger partial charge is 0.303 e. The number of carbonyl (C=O) groups is 2. The molecule has 1 atom stereocenters. The van der Waals surface area contributed by atoms with Crippen LogP contribution in [-0.4, -0.2) is 37.5 Å². The zero-order chi connectivity index (χ0) is 23.5. The Morgan fingerprint density at radius 3 is 2.38 bits per heavy atom. The Morgan fingerprint density at radius 2 is 1.71 bits per heavy atom. The molecule has 34 heavy (non-hydrogen) atoms. The molecule has 1 aliphatic rings. The minimum atomic E-state index is -1.01. The lowest BCUT2D eigenvalue weighted by molar-refractivity contribution is -0.141. The van der Waals surface area contributed by atoms with Crippen LogP contribution in [0.15, 0.2) is 88.8 Å². The molecule has 0 aliphatic carbocycles. The zero-order valence-electron chi connectivity index (χ0n) is 18.2. The van der Waals surface area contributed by atoms with Gasteiger partial charge < -0.3 is 5.11 Å². The van der Waals surface area contributed by atoms with Gasteiger partial charge in [0.05, 0.1) is 29.6 Å². The van der Waals surface area contributed by atoms with Gasteiger partial charge in [-0.2, -0.15) is 21.5 Å². The van der Waals surface area contributed by atoms with E-state index in [2.05, 4.69) is 5.10 Å². The first kappa shape index (κ1) is 21.8. The molecule has 0 spiro atoms. The highest BCUT2D eigenvalue weighted by molar-refractivity contribution is 7.08. The molecule has 1 unspecified atom stereocenters. The fourth-order valence-corrected chi connectivity index (χ4v) is 4.74. The summed E-state index contributed by atoms with van der Waals surface area (Å²) < 4.78 is 1.82. The molecule has 8 heteroatoms. The summed E-state index contributed by atoms with van der Waals surface area (Å²) in [6, 6.07) is 21.3. The lowest BCUT2D eigenvalue weighted by Gasteiger charge is -2.21. The van der Waals surface area contributed by atoms with E-state index in [1.54, 1.807) is 11.3 Å². The van der Waals surface area contributed by atoms with E-state index in [1.807, 2.05) is 88.4 Å².